The predicted molar refractivity (Wildman–Crippen MR) is 162 cm³/mol. The summed E-state index contributed by atoms with van der Waals surface area (Å²) in [5.41, 5.74) is 2.75. The fourth-order valence-corrected chi connectivity index (χ4v) is 5.72. The number of rotatable bonds is 14. The number of hydrogen-bond donors (Lipinski definition) is 1. The molecule has 0 saturated heterocycles. The van der Waals surface area contributed by atoms with Crippen molar-refractivity contribution in [3.8, 4) is 0 Å². The van der Waals surface area contributed by atoms with Crippen molar-refractivity contribution < 1.29 is 22.4 Å². The number of amides is 2. The molecule has 0 radical (unpaired) electrons. The Morgan fingerprint density at radius 3 is 2.32 bits per heavy atom. The maximum atomic E-state index is 13.8. The van der Waals surface area contributed by atoms with E-state index >= 15 is 0 Å². The molecule has 1 N–H and O–H groups in total. The lowest BCUT2D eigenvalue weighted by atomic mass is 10.0. The van der Waals surface area contributed by atoms with E-state index in [0.717, 1.165) is 23.8 Å². The van der Waals surface area contributed by atoms with Gasteiger partial charge >= 0.3 is 0 Å². The van der Waals surface area contributed by atoms with Gasteiger partial charge < -0.3 is 10.2 Å². The lowest BCUT2D eigenvalue weighted by molar-refractivity contribution is -0.141. The Kier molecular flexibility index (Phi) is 11.7. The molecule has 0 aromatic heterocycles. The summed E-state index contributed by atoms with van der Waals surface area (Å²) in [6.07, 6.45) is 2.36. The quantitative estimate of drug-likeness (QED) is 0.264. The van der Waals surface area contributed by atoms with Crippen LogP contribution in [0.1, 0.15) is 42.9 Å². The molecular weight excluding hydrogens is 565 g/mol. The molecule has 2 amide bonds. The third kappa shape index (κ3) is 9.57. The van der Waals surface area contributed by atoms with Crippen LogP contribution in [0.5, 0.6) is 0 Å². The van der Waals surface area contributed by atoms with E-state index < -0.39 is 21.9 Å². The van der Waals surface area contributed by atoms with Crippen molar-refractivity contribution in [3.05, 3.63) is 100 Å². The Balaban J connectivity index is 1.88. The molecule has 3 rings (SSSR count). The highest BCUT2D eigenvalue weighted by molar-refractivity contribution is 7.92. The lowest BCUT2D eigenvalue weighted by Gasteiger charge is -2.32. The molecule has 0 aliphatic heterocycles. The molecular formula is C31H37ClFN3O4S. The zero-order valence-electron chi connectivity index (χ0n) is 23.6. The summed E-state index contributed by atoms with van der Waals surface area (Å²) in [5, 5.41) is 3.32. The summed E-state index contributed by atoms with van der Waals surface area (Å²) < 4.78 is 40.2. The van der Waals surface area contributed by atoms with Crippen molar-refractivity contribution in [3.63, 3.8) is 0 Å². The second-order valence-corrected chi connectivity index (χ2v) is 12.4. The maximum Gasteiger partial charge on any atom is 0.243 e. The van der Waals surface area contributed by atoms with Gasteiger partial charge in [0.2, 0.25) is 21.8 Å². The summed E-state index contributed by atoms with van der Waals surface area (Å²) >= 11 is 6.15. The van der Waals surface area contributed by atoms with Crippen LogP contribution in [-0.4, -0.2) is 50.5 Å². The SMILES string of the molecule is CCCNC(=O)[C@H](Cc1ccccc1)N(Cc1ccc(F)cc1)C(=O)CCCN(c1cc(Cl)ccc1C)S(C)(=O)=O. The average molecular weight is 602 g/mol. The van der Waals surface area contributed by atoms with Gasteiger partial charge in [-0.1, -0.05) is 67.1 Å². The zero-order chi connectivity index (χ0) is 30.0. The lowest BCUT2D eigenvalue weighted by Crippen LogP contribution is -2.50. The van der Waals surface area contributed by atoms with Gasteiger partial charge in [-0.05, 0) is 60.7 Å². The number of nitrogens with zero attached hydrogens (tertiary/aromatic N) is 2. The molecule has 0 aliphatic rings. The highest BCUT2D eigenvalue weighted by Crippen LogP contribution is 2.27. The fraction of sp³-hybridized carbons (Fsp3) is 0.355. The topological polar surface area (TPSA) is 86.8 Å². The van der Waals surface area contributed by atoms with Crippen LogP contribution in [0.15, 0.2) is 72.8 Å². The number of carbonyl (C=O) groups excluding carboxylic acids is 2. The van der Waals surface area contributed by atoms with Crippen molar-refractivity contribution in [1.82, 2.24) is 10.2 Å². The molecule has 220 valence electrons. The van der Waals surface area contributed by atoms with Crippen molar-refractivity contribution in [2.45, 2.75) is 52.1 Å². The van der Waals surface area contributed by atoms with E-state index in [1.807, 2.05) is 37.3 Å². The van der Waals surface area contributed by atoms with Crippen LogP contribution >= 0.6 is 11.6 Å². The first-order valence-electron chi connectivity index (χ1n) is 13.6. The number of benzene rings is 3. The number of aryl methyl sites for hydroxylation is 1. The fourth-order valence-electron chi connectivity index (χ4n) is 4.54. The van der Waals surface area contributed by atoms with Crippen LogP contribution in [0.4, 0.5) is 10.1 Å². The van der Waals surface area contributed by atoms with Gasteiger partial charge in [0.1, 0.15) is 11.9 Å². The predicted octanol–water partition coefficient (Wildman–Crippen LogP) is 5.50. The molecule has 0 spiro atoms. The summed E-state index contributed by atoms with van der Waals surface area (Å²) in [7, 11) is -3.66. The standard InChI is InChI=1S/C31H37ClFN3O4S/c1-4-18-34-31(38)29(20-24-9-6-5-7-10-24)35(22-25-13-16-27(33)17-14-25)30(37)11-8-19-36(41(3,39)40)28-21-26(32)15-12-23(28)2/h5-7,9-10,12-17,21,29H,4,8,11,18-20,22H2,1-3H3,(H,34,38)/t29-/m0/s1. The molecule has 0 unspecified atom stereocenters. The maximum absolute atomic E-state index is 13.8. The van der Waals surface area contributed by atoms with E-state index in [0.29, 0.717) is 29.2 Å². The largest absolute Gasteiger partial charge is 0.354 e. The molecule has 0 fully saturated rings. The Hall–Kier alpha value is -3.43. The number of sulfonamides is 1. The first-order valence-corrected chi connectivity index (χ1v) is 15.8. The van der Waals surface area contributed by atoms with Crippen LogP contribution in [0.3, 0.4) is 0 Å². The van der Waals surface area contributed by atoms with Crippen molar-refractivity contribution in [1.29, 1.82) is 0 Å². The minimum absolute atomic E-state index is 0.000818. The first kappa shape index (κ1) is 32.1. The van der Waals surface area contributed by atoms with Gasteiger partial charge in [-0.3, -0.25) is 13.9 Å². The minimum atomic E-state index is -3.66. The smallest absolute Gasteiger partial charge is 0.243 e. The molecule has 3 aromatic rings. The average Bonchev–Trinajstić information content (AvgIpc) is 2.94. The summed E-state index contributed by atoms with van der Waals surface area (Å²) in [4.78, 5) is 28.7. The normalized spacial score (nSPS) is 12.0. The number of carbonyl (C=O) groups is 2. The Bertz CT molecular complexity index is 1420. The second kappa shape index (κ2) is 15.0. The van der Waals surface area contributed by atoms with Crippen LogP contribution in [0.25, 0.3) is 0 Å². The Labute approximate surface area is 247 Å². The molecule has 41 heavy (non-hydrogen) atoms. The Morgan fingerprint density at radius 1 is 1.00 bits per heavy atom. The van der Waals surface area contributed by atoms with Gasteiger partial charge in [0.05, 0.1) is 11.9 Å². The van der Waals surface area contributed by atoms with Crippen molar-refractivity contribution in [2.24, 2.45) is 0 Å². The first-order chi connectivity index (χ1) is 19.5. The van der Waals surface area contributed by atoms with Crippen LogP contribution < -0.4 is 9.62 Å². The second-order valence-electron chi connectivity index (χ2n) is 10.0. The summed E-state index contributed by atoms with van der Waals surface area (Å²) in [6, 6.07) is 19.5. The van der Waals surface area contributed by atoms with Gasteiger partial charge in [-0.2, -0.15) is 0 Å². The van der Waals surface area contributed by atoms with E-state index in [1.54, 1.807) is 37.3 Å². The number of halogens is 2. The van der Waals surface area contributed by atoms with E-state index in [4.69, 9.17) is 11.6 Å². The summed E-state index contributed by atoms with van der Waals surface area (Å²) in [6.45, 7) is 4.36. The molecule has 0 heterocycles. The van der Waals surface area contributed by atoms with Gasteiger partial charge in [-0.15, -0.1) is 0 Å². The summed E-state index contributed by atoms with van der Waals surface area (Å²) in [5.74, 6) is -0.984. The molecule has 3 aromatic carbocycles. The van der Waals surface area contributed by atoms with Crippen molar-refractivity contribution in [2.75, 3.05) is 23.7 Å². The zero-order valence-corrected chi connectivity index (χ0v) is 25.2. The van der Waals surface area contributed by atoms with Gasteiger partial charge in [0.15, 0.2) is 0 Å². The number of hydrogen-bond acceptors (Lipinski definition) is 4. The van der Waals surface area contributed by atoms with E-state index in [-0.39, 0.29) is 37.7 Å². The minimum Gasteiger partial charge on any atom is -0.354 e. The highest BCUT2D eigenvalue weighted by Gasteiger charge is 2.30. The van der Waals surface area contributed by atoms with E-state index in [1.165, 1.54) is 21.3 Å². The van der Waals surface area contributed by atoms with Crippen molar-refractivity contribution >= 4 is 39.1 Å². The molecule has 1 atom stereocenters. The molecule has 0 bridgehead atoms. The van der Waals surface area contributed by atoms with Crippen LogP contribution in [0, 0.1) is 12.7 Å². The molecule has 0 saturated carbocycles. The monoisotopic (exact) mass is 601 g/mol. The van der Waals surface area contributed by atoms with E-state index in [2.05, 4.69) is 5.32 Å². The van der Waals surface area contributed by atoms with Crippen LogP contribution in [0.2, 0.25) is 5.02 Å². The van der Waals surface area contributed by atoms with Crippen LogP contribution in [-0.2, 0) is 32.6 Å². The number of nitrogens with one attached hydrogen (secondary N) is 1. The number of anilines is 1. The third-order valence-corrected chi connectivity index (χ3v) is 8.09. The Morgan fingerprint density at radius 2 is 1.68 bits per heavy atom. The third-order valence-electron chi connectivity index (χ3n) is 6.68. The van der Waals surface area contributed by atoms with E-state index in [9.17, 15) is 22.4 Å². The molecule has 7 nitrogen and oxygen atoms in total. The molecule has 10 heteroatoms. The van der Waals surface area contributed by atoms with Gasteiger partial charge in [-0.25, -0.2) is 12.8 Å². The van der Waals surface area contributed by atoms with Gasteiger partial charge in [0.25, 0.3) is 0 Å². The molecule has 0 aliphatic carbocycles. The highest BCUT2D eigenvalue weighted by atomic mass is 35.5. The van der Waals surface area contributed by atoms with Gasteiger partial charge in [0, 0.05) is 37.5 Å².